The molecule has 0 bridgehead atoms. The minimum Gasteiger partial charge on any atom is -0.385 e. The Hall–Kier alpha value is -3.26. The van der Waals surface area contributed by atoms with Crippen LogP contribution in [0.3, 0.4) is 0 Å². The lowest BCUT2D eigenvalue weighted by Crippen LogP contribution is -2.26. The summed E-state index contributed by atoms with van der Waals surface area (Å²) in [6.07, 6.45) is 0.871. The molecule has 1 aromatic carbocycles. The van der Waals surface area contributed by atoms with E-state index in [1.165, 1.54) is 12.1 Å². The molecule has 0 radical (unpaired) electrons. The molecule has 0 saturated heterocycles. The number of carbonyl (C=O) groups is 1. The van der Waals surface area contributed by atoms with Crippen molar-refractivity contribution in [2.45, 2.75) is 26.5 Å². The second kappa shape index (κ2) is 7.29. The number of carbonyl (C=O) groups excluding carboxylic acids is 1. The van der Waals surface area contributed by atoms with E-state index in [1.54, 1.807) is 40.7 Å². The van der Waals surface area contributed by atoms with E-state index in [9.17, 15) is 14.3 Å². The molecule has 7 nitrogen and oxygen atoms in total. The molecule has 150 valence electrons. The predicted octanol–water partition coefficient (Wildman–Crippen LogP) is 3.31. The van der Waals surface area contributed by atoms with Crippen LogP contribution >= 0.6 is 0 Å². The molecule has 0 saturated carbocycles. The third-order valence-corrected chi connectivity index (χ3v) is 4.96. The molecule has 0 fully saturated rings. The number of hydrogen-bond donors (Lipinski definition) is 2. The van der Waals surface area contributed by atoms with Crippen LogP contribution < -0.4 is 0 Å². The summed E-state index contributed by atoms with van der Waals surface area (Å²) in [5.41, 5.74) is 2.65. The van der Waals surface area contributed by atoms with Gasteiger partial charge in [0, 0.05) is 29.8 Å². The number of benzene rings is 1. The number of aliphatic hydroxyl groups is 1. The number of aromatic nitrogens is 4. The van der Waals surface area contributed by atoms with Gasteiger partial charge in [-0.25, -0.2) is 4.39 Å². The van der Waals surface area contributed by atoms with Gasteiger partial charge in [0.05, 0.1) is 12.1 Å². The molecule has 3 heterocycles. The average molecular weight is 395 g/mol. The molecule has 1 amide bonds. The first kappa shape index (κ1) is 19.1. The van der Waals surface area contributed by atoms with Gasteiger partial charge in [0.25, 0.3) is 5.91 Å². The van der Waals surface area contributed by atoms with Crippen molar-refractivity contribution in [1.82, 2.24) is 24.5 Å². The molecule has 1 atom stereocenters. The molecule has 0 spiro atoms. The van der Waals surface area contributed by atoms with E-state index < -0.39 is 6.10 Å². The summed E-state index contributed by atoms with van der Waals surface area (Å²) >= 11 is 0. The van der Waals surface area contributed by atoms with Crippen LogP contribution in [0.1, 0.15) is 41.8 Å². The number of hydrogen-bond acceptors (Lipinski definition) is 4. The Labute approximate surface area is 166 Å². The summed E-state index contributed by atoms with van der Waals surface area (Å²) in [7, 11) is 1.70. The Morgan fingerprint density at radius 2 is 2.03 bits per heavy atom. The van der Waals surface area contributed by atoms with Gasteiger partial charge in [-0.3, -0.25) is 9.20 Å². The van der Waals surface area contributed by atoms with E-state index in [4.69, 9.17) is 0 Å². The van der Waals surface area contributed by atoms with Crippen molar-refractivity contribution in [2.75, 3.05) is 7.05 Å². The highest BCUT2D eigenvalue weighted by atomic mass is 19.1. The smallest absolute Gasteiger partial charge is 0.255 e. The van der Waals surface area contributed by atoms with Gasteiger partial charge < -0.3 is 15.0 Å². The number of H-pyrrole nitrogens is 1. The first-order valence-electron chi connectivity index (χ1n) is 9.39. The zero-order chi connectivity index (χ0) is 20.7. The van der Waals surface area contributed by atoms with Crippen molar-refractivity contribution >= 4 is 22.5 Å². The molecule has 2 N–H and O–H groups in total. The number of aromatic amines is 1. The lowest BCUT2D eigenvalue weighted by atomic mass is 10.1. The summed E-state index contributed by atoms with van der Waals surface area (Å²) in [4.78, 5) is 17.7. The van der Waals surface area contributed by atoms with Gasteiger partial charge in [0.15, 0.2) is 11.5 Å². The Morgan fingerprint density at radius 1 is 1.24 bits per heavy atom. The zero-order valence-corrected chi connectivity index (χ0v) is 16.4. The number of fused-ring (bicyclic) bond motifs is 2. The first-order chi connectivity index (χ1) is 13.8. The van der Waals surface area contributed by atoms with Crippen LogP contribution in [0.15, 0.2) is 42.6 Å². The molecule has 1 unspecified atom stereocenters. The standard InChI is InChI=1S/C21H22FN5O2/c1-12(2)19(28)20-25-24-18-7-4-13(10-27(18)20)21(29)26(3)11-16-9-14-8-15(22)5-6-17(14)23-16/h4-10,12,19,23,28H,11H2,1-3H3. The number of nitrogens with one attached hydrogen (secondary N) is 1. The van der Waals surface area contributed by atoms with E-state index in [2.05, 4.69) is 15.2 Å². The van der Waals surface area contributed by atoms with Crippen LogP contribution in [-0.2, 0) is 6.54 Å². The molecule has 3 aromatic heterocycles. The number of halogens is 1. The SMILES string of the molecule is CC(C)C(O)c1nnc2ccc(C(=O)N(C)Cc3cc4cc(F)ccc4[nH]3)cn12. The second-order valence-electron chi connectivity index (χ2n) is 7.58. The predicted molar refractivity (Wildman–Crippen MR) is 107 cm³/mol. The second-order valence-corrected chi connectivity index (χ2v) is 7.58. The minimum absolute atomic E-state index is 0.0312. The third-order valence-electron chi connectivity index (χ3n) is 4.96. The fourth-order valence-electron chi connectivity index (χ4n) is 3.33. The molecule has 0 aliphatic rings. The molecular weight excluding hydrogens is 373 g/mol. The van der Waals surface area contributed by atoms with E-state index in [-0.39, 0.29) is 17.6 Å². The summed E-state index contributed by atoms with van der Waals surface area (Å²) < 4.78 is 15.0. The quantitative estimate of drug-likeness (QED) is 0.543. The zero-order valence-electron chi connectivity index (χ0n) is 16.4. The van der Waals surface area contributed by atoms with Crippen molar-refractivity contribution in [3.8, 4) is 0 Å². The van der Waals surface area contributed by atoms with Gasteiger partial charge >= 0.3 is 0 Å². The summed E-state index contributed by atoms with van der Waals surface area (Å²) in [6, 6.07) is 9.76. The number of aliphatic hydroxyl groups excluding tert-OH is 1. The minimum atomic E-state index is -0.778. The molecule has 4 aromatic rings. The average Bonchev–Trinajstić information content (AvgIpc) is 3.28. The van der Waals surface area contributed by atoms with Gasteiger partial charge in [0.1, 0.15) is 11.9 Å². The largest absolute Gasteiger partial charge is 0.385 e. The van der Waals surface area contributed by atoms with Crippen LogP contribution in [0, 0.1) is 11.7 Å². The Morgan fingerprint density at radius 3 is 2.79 bits per heavy atom. The maximum absolute atomic E-state index is 13.4. The fraction of sp³-hybridized carbons (Fsp3) is 0.286. The van der Waals surface area contributed by atoms with E-state index in [0.717, 1.165) is 16.6 Å². The van der Waals surface area contributed by atoms with Crippen LogP contribution in [0.4, 0.5) is 4.39 Å². The topological polar surface area (TPSA) is 86.5 Å². The summed E-state index contributed by atoms with van der Waals surface area (Å²) in [6.45, 7) is 4.12. The number of nitrogens with zero attached hydrogens (tertiary/aromatic N) is 4. The van der Waals surface area contributed by atoms with Gasteiger partial charge in [-0.2, -0.15) is 0 Å². The summed E-state index contributed by atoms with van der Waals surface area (Å²) in [5.74, 6) is -0.106. The van der Waals surface area contributed by atoms with Crippen LogP contribution in [0.5, 0.6) is 0 Å². The molecule has 8 heteroatoms. The van der Waals surface area contributed by atoms with Crippen LogP contribution in [0.25, 0.3) is 16.6 Å². The molecular formula is C21H22FN5O2. The van der Waals surface area contributed by atoms with Gasteiger partial charge in [-0.15, -0.1) is 10.2 Å². The van der Waals surface area contributed by atoms with Crippen molar-refractivity contribution in [2.24, 2.45) is 5.92 Å². The van der Waals surface area contributed by atoms with E-state index in [0.29, 0.717) is 23.6 Å². The fourth-order valence-corrected chi connectivity index (χ4v) is 3.33. The van der Waals surface area contributed by atoms with E-state index >= 15 is 0 Å². The highest BCUT2D eigenvalue weighted by Gasteiger charge is 2.20. The molecule has 4 rings (SSSR count). The number of pyridine rings is 1. The van der Waals surface area contributed by atoms with Gasteiger partial charge in [-0.1, -0.05) is 13.8 Å². The Balaban J connectivity index is 1.59. The Bertz CT molecular complexity index is 1200. The van der Waals surface area contributed by atoms with E-state index in [1.807, 2.05) is 19.9 Å². The third kappa shape index (κ3) is 3.58. The van der Waals surface area contributed by atoms with Gasteiger partial charge in [-0.05, 0) is 42.3 Å². The van der Waals surface area contributed by atoms with Crippen molar-refractivity contribution < 1.29 is 14.3 Å². The number of rotatable bonds is 5. The molecule has 0 aliphatic heterocycles. The molecule has 29 heavy (non-hydrogen) atoms. The number of amides is 1. The lowest BCUT2D eigenvalue weighted by Gasteiger charge is -2.17. The van der Waals surface area contributed by atoms with Crippen molar-refractivity contribution in [3.63, 3.8) is 0 Å². The van der Waals surface area contributed by atoms with Gasteiger partial charge in [0.2, 0.25) is 0 Å². The highest BCUT2D eigenvalue weighted by Crippen LogP contribution is 2.22. The van der Waals surface area contributed by atoms with Crippen LogP contribution in [0.2, 0.25) is 0 Å². The highest BCUT2D eigenvalue weighted by molar-refractivity contribution is 5.94. The van der Waals surface area contributed by atoms with Crippen molar-refractivity contribution in [3.05, 3.63) is 65.5 Å². The normalized spacial score (nSPS) is 12.8. The maximum Gasteiger partial charge on any atom is 0.255 e. The molecule has 0 aliphatic carbocycles. The summed E-state index contributed by atoms with van der Waals surface area (Å²) in [5, 5.41) is 19.2. The van der Waals surface area contributed by atoms with Crippen LogP contribution in [-0.4, -0.2) is 42.5 Å². The lowest BCUT2D eigenvalue weighted by molar-refractivity contribution is 0.0782. The first-order valence-corrected chi connectivity index (χ1v) is 9.39. The maximum atomic E-state index is 13.4. The monoisotopic (exact) mass is 395 g/mol. The van der Waals surface area contributed by atoms with Crippen molar-refractivity contribution in [1.29, 1.82) is 0 Å². The Kier molecular flexibility index (Phi) is 4.79.